The summed E-state index contributed by atoms with van der Waals surface area (Å²) in [6.07, 6.45) is 10.5. The molecule has 4 aromatic heterocycles. The van der Waals surface area contributed by atoms with Crippen molar-refractivity contribution in [3.63, 3.8) is 0 Å². The van der Waals surface area contributed by atoms with Gasteiger partial charge in [0.05, 0.1) is 26.3 Å². The molecule has 0 N–H and O–H groups in total. The number of hydrogen-bond donors (Lipinski definition) is 0. The Labute approximate surface area is 244 Å². The molecule has 0 aliphatic rings. The summed E-state index contributed by atoms with van der Waals surface area (Å²) >= 11 is 0. The van der Waals surface area contributed by atoms with E-state index < -0.39 is 0 Å². The summed E-state index contributed by atoms with van der Waals surface area (Å²) in [5, 5.41) is 0. The summed E-state index contributed by atoms with van der Waals surface area (Å²) < 4.78 is 13.3. The van der Waals surface area contributed by atoms with E-state index in [0.29, 0.717) is 22.2 Å². The Morgan fingerprint density at radius 1 is 0.463 bits per heavy atom. The molecule has 0 fully saturated rings. The Bertz CT molecular complexity index is 1070. The summed E-state index contributed by atoms with van der Waals surface area (Å²) in [5.74, 6) is 3.97. The van der Waals surface area contributed by atoms with Gasteiger partial charge < -0.3 is 9.47 Å². The average Bonchev–Trinajstić information content (AvgIpc) is 3.05. The van der Waals surface area contributed by atoms with E-state index in [1.165, 1.54) is 0 Å². The van der Waals surface area contributed by atoms with Crippen LogP contribution in [0.2, 0.25) is 0 Å². The lowest BCUT2D eigenvalue weighted by atomic mass is 10.2. The monoisotopic (exact) mass is 556 g/mol. The van der Waals surface area contributed by atoms with Crippen molar-refractivity contribution in [2.75, 3.05) is 52.6 Å². The second kappa shape index (κ2) is 16.0. The molecule has 0 amide bonds. The largest absolute Gasteiger partial charge is 0.376 e. The summed E-state index contributed by atoms with van der Waals surface area (Å²) in [4.78, 5) is 18.7. The molecular formula is C33H44N6O2+2. The molecule has 41 heavy (non-hydrogen) atoms. The molecule has 4 rings (SSSR count). The zero-order chi connectivity index (χ0) is 28.6. The van der Waals surface area contributed by atoms with Crippen LogP contribution in [0.3, 0.4) is 0 Å². The summed E-state index contributed by atoms with van der Waals surface area (Å²) in [6, 6.07) is 24.3. The molecule has 216 valence electrons. The van der Waals surface area contributed by atoms with E-state index in [0.717, 1.165) is 81.9 Å². The summed E-state index contributed by atoms with van der Waals surface area (Å²) in [7, 11) is 0. The van der Waals surface area contributed by atoms with Crippen molar-refractivity contribution in [2.24, 2.45) is 0 Å². The molecule has 0 saturated heterocycles. The lowest BCUT2D eigenvalue weighted by molar-refractivity contribution is 0.101. The Hall–Kier alpha value is -3.56. The highest BCUT2D eigenvalue weighted by Crippen LogP contribution is 2.31. The predicted octanol–water partition coefficient (Wildman–Crippen LogP) is 6.49. The van der Waals surface area contributed by atoms with Crippen molar-refractivity contribution < 1.29 is 9.47 Å². The number of aromatic nitrogens is 4. The lowest BCUT2D eigenvalue weighted by Gasteiger charge is -2.34. The predicted molar refractivity (Wildman–Crippen MR) is 166 cm³/mol. The molecule has 0 aliphatic carbocycles. The molecule has 0 saturated carbocycles. The van der Waals surface area contributed by atoms with Crippen LogP contribution in [0.25, 0.3) is 0 Å². The van der Waals surface area contributed by atoms with Crippen molar-refractivity contribution in [3.05, 3.63) is 97.6 Å². The molecule has 0 bridgehead atoms. The zero-order valence-corrected chi connectivity index (χ0v) is 24.5. The molecule has 0 aromatic carbocycles. The number of unbranched alkanes of at least 4 members (excludes halogenated alkanes) is 2. The highest BCUT2D eigenvalue weighted by atomic mass is 16.5. The van der Waals surface area contributed by atoms with E-state index >= 15 is 0 Å². The van der Waals surface area contributed by atoms with Crippen LogP contribution in [-0.4, -0.2) is 72.5 Å². The van der Waals surface area contributed by atoms with E-state index in [4.69, 9.17) is 9.47 Å². The van der Waals surface area contributed by atoms with Crippen LogP contribution in [0.4, 0.5) is 23.3 Å². The molecule has 0 radical (unpaired) electrons. The van der Waals surface area contributed by atoms with Crippen molar-refractivity contribution in [1.82, 2.24) is 28.9 Å². The van der Waals surface area contributed by atoms with Crippen LogP contribution in [0, 0.1) is 0 Å². The van der Waals surface area contributed by atoms with Crippen LogP contribution >= 0.6 is 0 Å². The molecule has 0 spiro atoms. The maximum absolute atomic E-state index is 6.09. The molecular weight excluding hydrogens is 512 g/mol. The minimum absolute atomic E-state index is 0.574. The van der Waals surface area contributed by atoms with Crippen molar-refractivity contribution >= 4 is 23.3 Å². The first-order chi connectivity index (χ1) is 20.2. The smallest absolute Gasteiger partial charge is 0.233 e. The maximum Gasteiger partial charge on any atom is 0.233 e. The number of ether oxygens (including phenoxy) is 2. The van der Waals surface area contributed by atoms with Gasteiger partial charge in [0, 0.05) is 62.3 Å². The summed E-state index contributed by atoms with van der Waals surface area (Å²) in [5.41, 5.74) is 0. The second-order valence-corrected chi connectivity index (χ2v) is 10.1. The molecule has 4 heterocycles. The van der Waals surface area contributed by atoms with Gasteiger partial charge in [-0.05, 0) is 57.4 Å². The fraction of sp³-hybridized carbons (Fsp3) is 0.394. The van der Waals surface area contributed by atoms with Gasteiger partial charge in [-0.3, -0.25) is 0 Å². The van der Waals surface area contributed by atoms with E-state index in [1.54, 1.807) is 0 Å². The van der Waals surface area contributed by atoms with Crippen molar-refractivity contribution in [2.45, 2.75) is 33.1 Å². The minimum atomic E-state index is 0.574. The highest BCUT2D eigenvalue weighted by molar-refractivity contribution is 5.51. The number of hydrogen-bond acceptors (Lipinski definition) is 6. The number of rotatable bonds is 18. The Morgan fingerprint density at radius 2 is 0.805 bits per heavy atom. The molecule has 8 heteroatoms. The topological polar surface area (TPSA) is 70.0 Å². The van der Waals surface area contributed by atoms with E-state index in [2.05, 4.69) is 58.0 Å². The van der Waals surface area contributed by atoms with Crippen LogP contribution in [0.5, 0.6) is 0 Å². The van der Waals surface area contributed by atoms with E-state index in [9.17, 15) is 0 Å². The Balaban J connectivity index is 1.18. The van der Waals surface area contributed by atoms with Gasteiger partial charge in [-0.1, -0.05) is 24.3 Å². The first-order valence-electron chi connectivity index (χ1n) is 14.8. The van der Waals surface area contributed by atoms with Gasteiger partial charge in [0.25, 0.3) is 0 Å². The quantitative estimate of drug-likeness (QED) is 0.103. The average molecular weight is 557 g/mol. The molecule has 8 nitrogen and oxygen atoms in total. The maximum atomic E-state index is 6.09. The van der Waals surface area contributed by atoms with Gasteiger partial charge in [-0.15, -0.1) is 0 Å². The van der Waals surface area contributed by atoms with Crippen LogP contribution < -0.4 is 8.97 Å². The summed E-state index contributed by atoms with van der Waals surface area (Å²) in [6.45, 7) is 10.4. The second-order valence-electron chi connectivity index (χ2n) is 10.1. The van der Waals surface area contributed by atoms with Gasteiger partial charge in [0.15, 0.2) is 0 Å². The van der Waals surface area contributed by atoms with Gasteiger partial charge >= 0.3 is 0 Å². The van der Waals surface area contributed by atoms with Crippen LogP contribution in [-0.2, 0) is 9.47 Å². The number of pyridine rings is 4. The lowest BCUT2D eigenvalue weighted by Crippen LogP contribution is -2.47. The minimum Gasteiger partial charge on any atom is -0.376 e. The van der Waals surface area contributed by atoms with Crippen molar-refractivity contribution in [3.8, 4) is 0 Å². The normalized spacial score (nSPS) is 12.0. The van der Waals surface area contributed by atoms with E-state index in [1.807, 2.05) is 73.3 Å². The Kier molecular flexibility index (Phi) is 11.9. The number of likely N-dealkylation sites (N-methyl/N-ethyl adjacent to an activating group) is 2. The number of nitrogens with zero attached hydrogens (tertiary/aromatic N) is 6. The molecule has 4 aromatic rings. The van der Waals surface area contributed by atoms with E-state index in [-0.39, 0.29) is 0 Å². The standard InChI is InChI=1S/C33H44N6O2/c1-3-38(30-16-6-10-20-34-30,31-17-7-11-21-35-31)24-28-40-26-14-5-15-27-41-29-25-39(4-2,32-18-8-12-22-36-32)33-19-9-13-23-37-33/h6-13,16-23H,3-5,14-15,24-29H2,1-2H3/q+2. The van der Waals surface area contributed by atoms with Gasteiger partial charge in [0.1, 0.15) is 13.1 Å². The van der Waals surface area contributed by atoms with Gasteiger partial charge in [-0.25, -0.2) is 28.9 Å². The molecule has 0 aliphatic heterocycles. The first kappa shape index (κ1) is 30.4. The highest BCUT2D eigenvalue weighted by Gasteiger charge is 2.35. The Morgan fingerprint density at radius 3 is 1.07 bits per heavy atom. The fourth-order valence-corrected chi connectivity index (χ4v) is 5.31. The third-order valence-corrected chi connectivity index (χ3v) is 7.74. The SMILES string of the molecule is CC[N+](CCOCCCCCOCC[N+](CC)(c1ccccn1)c1ccccn1)(c1ccccn1)c1ccccn1. The first-order valence-corrected chi connectivity index (χ1v) is 14.8. The fourth-order valence-electron chi connectivity index (χ4n) is 5.31. The van der Waals surface area contributed by atoms with Crippen LogP contribution in [0.1, 0.15) is 33.1 Å². The molecule has 0 atom stereocenters. The van der Waals surface area contributed by atoms with Crippen LogP contribution in [0.15, 0.2) is 97.6 Å². The zero-order valence-electron chi connectivity index (χ0n) is 24.5. The molecule has 0 unspecified atom stereocenters. The van der Waals surface area contributed by atoms with Gasteiger partial charge in [0.2, 0.25) is 23.3 Å². The number of quaternary nitrogens is 2. The third-order valence-electron chi connectivity index (χ3n) is 7.74. The van der Waals surface area contributed by atoms with Crippen molar-refractivity contribution in [1.29, 1.82) is 0 Å². The van der Waals surface area contributed by atoms with Gasteiger partial charge in [-0.2, -0.15) is 0 Å². The third kappa shape index (κ3) is 7.80.